The summed E-state index contributed by atoms with van der Waals surface area (Å²) in [5.41, 5.74) is 0.432. The Morgan fingerprint density at radius 3 is 2.33 bits per heavy atom. The summed E-state index contributed by atoms with van der Waals surface area (Å²) in [4.78, 5) is 23.1. The zero-order valence-corrected chi connectivity index (χ0v) is 20.9. The van der Waals surface area contributed by atoms with Gasteiger partial charge in [-0.1, -0.05) is 27.7 Å². The Balaban J connectivity index is 1.46. The number of aliphatic carboxylic acids is 1. The van der Waals surface area contributed by atoms with Crippen LogP contribution >= 0.6 is 0 Å². The Hall–Kier alpha value is -1.14. The normalized spacial score (nSPS) is 46.4. The van der Waals surface area contributed by atoms with E-state index in [0.717, 1.165) is 51.4 Å². The van der Waals surface area contributed by atoms with E-state index in [4.69, 9.17) is 5.11 Å². The third kappa shape index (κ3) is 4.35. The number of carboxylic acids is 1. The van der Waals surface area contributed by atoms with Gasteiger partial charge in [0.05, 0.1) is 12.2 Å². The predicted octanol–water partition coefficient (Wildman–Crippen LogP) is 3.84. The Bertz CT molecular complexity index is 757. The molecular formula is C27H45NO5. The molecule has 4 fully saturated rings. The minimum absolute atomic E-state index is 0.172. The molecule has 6 nitrogen and oxygen atoms in total. The van der Waals surface area contributed by atoms with Gasteiger partial charge >= 0.3 is 5.97 Å². The molecule has 0 aromatic rings. The minimum atomic E-state index is -1.01. The maximum absolute atomic E-state index is 12.4. The first kappa shape index (κ1) is 25.0. The molecule has 0 saturated heterocycles. The predicted molar refractivity (Wildman–Crippen MR) is 126 cm³/mol. The van der Waals surface area contributed by atoms with Gasteiger partial charge in [0.2, 0.25) is 5.91 Å². The van der Waals surface area contributed by atoms with Crippen LogP contribution in [0.1, 0.15) is 85.5 Å². The Morgan fingerprint density at radius 2 is 1.64 bits per heavy atom. The number of amides is 1. The molecule has 4 N–H and O–H groups in total. The van der Waals surface area contributed by atoms with Crippen LogP contribution in [0.25, 0.3) is 0 Å². The van der Waals surface area contributed by atoms with Crippen molar-refractivity contribution in [2.75, 3.05) is 6.54 Å². The van der Waals surface area contributed by atoms with Crippen LogP contribution in [0.3, 0.4) is 0 Å². The lowest BCUT2D eigenvalue weighted by Crippen LogP contribution is -2.58. The average molecular weight is 464 g/mol. The smallest absolute Gasteiger partial charge is 0.322 e. The van der Waals surface area contributed by atoms with Crippen LogP contribution < -0.4 is 5.32 Å². The third-order valence-electron chi connectivity index (χ3n) is 11.0. The van der Waals surface area contributed by atoms with Crippen molar-refractivity contribution >= 4 is 11.9 Å². The van der Waals surface area contributed by atoms with E-state index in [0.29, 0.717) is 35.5 Å². The number of hydrogen-bond acceptors (Lipinski definition) is 4. The van der Waals surface area contributed by atoms with Crippen LogP contribution in [0.2, 0.25) is 0 Å². The Morgan fingerprint density at radius 1 is 0.970 bits per heavy atom. The molecule has 11 atom stereocenters. The van der Waals surface area contributed by atoms with E-state index in [1.807, 2.05) is 6.92 Å². The molecule has 4 aliphatic rings. The Kier molecular flexibility index (Phi) is 6.92. The van der Waals surface area contributed by atoms with E-state index < -0.39 is 5.97 Å². The van der Waals surface area contributed by atoms with Crippen molar-refractivity contribution in [3.63, 3.8) is 0 Å². The van der Waals surface area contributed by atoms with Crippen LogP contribution in [-0.2, 0) is 9.59 Å². The SMILES string of the molecule is C[C@H](C[C@H](C)C(=O)NCC(=O)O)[C@H]1CCC2C3C(CC[C@@]21C)[C@@]1(C)CC[C@@H](O)CC1C[C@H]3O. The molecule has 6 heteroatoms. The lowest BCUT2D eigenvalue weighted by Gasteiger charge is -2.62. The molecular weight excluding hydrogens is 418 g/mol. The standard InChI is InChI=1S/C27H45NO5/c1-15(11-16(2)25(33)28-14-23(31)32)19-5-6-20-24-21(8-10-27(19,20)4)26(3)9-7-18(29)12-17(26)13-22(24)30/h15-22,24,29-30H,5-14H2,1-4H3,(H,28,33)(H,31,32)/t15-,16+,17?,18-,19-,20?,21?,22-,24?,26+,27-/m1/s1. The number of aliphatic hydroxyl groups excluding tert-OH is 2. The summed E-state index contributed by atoms with van der Waals surface area (Å²) in [6.45, 7) is 8.75. The quantitative estimate of drug-likeness (QED) is 0.479. The van der Waals surface area contributed by atoms with E-state index in [9.17, 15) is 19.8 Å². The van der Waals surface area contributed by atoms with Gasteiger partial charge in [0.25, 0.3) is 0 Å². The number of aliphatic hydroxyl groups is 2. The van der Waals surface area contributed by atoms with E-state index in [-0.39, 0.29) is 41.4 Å². The fourth-order valence-corrected chi connectivity index (χ4v) is 9.34. The minimum Gasteiger partial charge on any atom is -0.480 e. The molecule has 0 bridgehead atoms. The largest absolute Gasteiger partial charge is 0.480 e. The monoisotopic (exact) mass is 463 g/mol. The van der Waals surface area contributed by atoms with Crippen LogP contribution in [0.5, 0.6) is 0 Å². The van der Waals surface area contributed by atoms with Gasteiger partial charge in [-0.05, 0) is 104 Å². The average Bonchev–Trinajstić information content (AvgIpc) is 3.10. The summed E-state index contributed by atoms with van der Waals surface area (Å²) in [7, 11) is 0. The van der Waals surface area contributed by atoms with Gasteiger partial charge in [0, 0.05) is 5.92 Å². The number of carboxylic acid groups (broad SMARTS) is 1. The van der Waals surface area contributed by atoms with Crippen LogP contribution in [0.15, 0.2) is 0 Å². The maximum Gasteiger partial charge on any atom is 0.322 e. The van der Waals surface area contributed by atoms with Gasteiger partial charge in [-0.15, -0.1) is 0 Å². The highest BCUT2D eigenvalue weighted by molar-refractivity contribution is 5.82. The number of hydrogen-bond donors (Lipinski definition) is 4. The highest BCUT2D eigenvalue weighted by atomic mass is 16.4. The zero-order chi connectivity index (χ0) is 24.1. The first-order chi connectivity index (χ1) is 15.5. The van der Waals surface area contributed by atoms with Crippen molar-refractivity contribution in [2.24, 2.45) is 52.3 Å². The number of nitrogens with one attached hydrogen (secondary N) is 1. The van der Waals surface area contributed by atoms with Crippen molar-refractivity contribution in [1.82, 2.24) is 5.32 Å². The van der Waals surface area contributed by atoms with Gasteiger partial charge in [-0.2, -0.15) is 0 Å². The first-order valence-corrected chi connectivity index (χ1v) is 13.3. The van der Waals surface area contributed by atoms with Gasteiger partial charge in [0.15, 0.2) is 0 Å². The van der Waals surface area contributed by atoms with E-state index in [1.54, 1.807) is 0 Å². The van der Waals surface area contributed by atoms with E-state index in [1.165, 1.54) is 6.42 Å². The van der Waals surface area contributed by atoms with Gasteiger partial charge in [-0.25, -0.2) is 0 Å². The molecule has 4 rings (SSSR count). The van der Waals surface area contributed by atoms with Gasteiger partial charge in [0.1, 0.15) is 6.54 Å². The molecule has 0 aliphatic heterocycles. The molecule has 0 aromatic carbocycles. The lowest BCUT2D eigenvalue weighted by atomic mass is 9.43. The zero-order valence-electron chi connectivity index (χ0n) is 20.9. The molecule has 4 unspecified atom stereocenters. The number of carbonyl (C=O) groups excluding carboxylic acids is 1. The maximum atomic E-state index is 12.4. The summed E-state index contributed by atoms with van der Waals surface area (Å²) in [6, 6.07) is 0. The Labute approximate surface area is 198 Å². The van der Waals surface area contributed by atoms with Crippen molar-refractivity contribution in [2.45, 2.75) is 97.7 Å². The lowest BCUT2D eigenvalue weighted by molar-refractivity contribution is -0.174. The van der Waals surface area contributed by atoms with Crippen molar-refractivity contribution in [3.8, 4) is 0 Å². The highest BCUT2D eigenvalue weighted by Crippen LogP contribution is 2.68. The van der Waals surface area contributed by atoms with Crippen molar-refractivity contribution in [1.29, 1.82) is 0 Å². The van der Waals surface area contributed by atoms with Crippen molar-refractivity contribution in [3.05, 3.63) is 0 Å². The molecule has 4 saturated carbocycles. The number of carbonyl (C=O) groups is 2. The van der Waals surface area contributed by atoms with E-state index in [2.05, 4.69) is 26.1 Å². The van der Waals surface area contributed by atoms with Gasteiger partial charge in [-0.3, -0.25) is 9.59 Å². The molecule has 0 aromatic heterocycles. The second kappa shape index (κ2) is 9.14. The van der Waals surface area contributed by atoms with E-state index >= 15 is 0 Å². The van der Waals surface area contributed by atoms with Crippen molar-refractivity contribution < 1.29 is 24.9 Å². The molecule has 1 amide bonds. The summed E-state index contributed by atoms with van der Waals surface area (Å²) in [5.74, 6) is 1.39. The summed E-state index contributed by atoms with van der Waals surface area (Å²) < 4.78 is 0. The fraction of sp³-hybridized carbons (Fsp3) is 0.926. The molecule has 188 valence electrons. The van der Waals surface area contributed by atoms with Crippen LogP contribution in [-0.4, -0.2) is 45.9 Å². The first-order valence-electron chi connectivity index (χ1n) is 13.3. The number of rotatable bonds is 6. The van der Waals surface area contributed by atoms with Gasteiger partial charge < -0.3 is 20.6 Å². The second-order valence-electron chi connectivity index (χ2n) is 12.7. The molecule has 0 spiro atoms. The number of fused-ring (bicyclic) bond motifs is 5. The summed E-state index contributed by atoms with van der Waals surface area (Å²) in [6.07, 6.45) is 8.63. The molecule has 33 heavy (non-hydrogen) atoms. The van der Waals surface area contributed by atoms with Crippen LogP contribution in [0.4, 0.5) is 0 Å². The topological polar surface area (TPSA) is 107 Å². The third-order valence-corrected chi connectivity index (χ3v) is 11.0. The summed E-state index contributed by atoms with van der Waals surface area (Å²) in [5, 5.41) is 33.0. The highest BCUT2D eigenvalue weighted by Gasteiger charge is 2.62. The molecule has 0 heterocycles. The molecule has 4 aliphatic carbocycles. The summed E-state index contributed by atoms with van der Waals surface area (Å²) >= 11 is 0. The second-order valence-corrected chi connectivity index (χ2v) is 12.7. The van der Waals surface area contributed by atoms with Crippen LogP contribution in [0, 0.1) is 52.3 Å². The molecule has 0 radical (unpaired) electrons. The fourth-order valence-electron chi connectivity index (χ4n) is 9.34.